The van der Waals surface area contributed by atoms with Crippen LogP contribution in [0, 0.1) is 0 Å². The van der Waals surface area contributed by atoms with Crippen LogP contribution in [0.1, 0.15) is 42.0 Å². The van der Waals surface area contributed by atoms with Crippen LogP contribution in [0.5, 0.6) is 11.5 Å². The summed E-state index contributed by atoms with van der Waals surface area (Å²) in [6.07, 6.45) is 2.36. The van der Waals surface area contributed by atoms with Crippen molar-refractivity contribution in [2.24, 2.45) is 5.73 Å². The number of benzene rings is 1. The van der Waals surface area contributed by atoms with Crippen molar-refractivity contribution in [2.45, 2.75) is 24.8 Å². The van der Waals surface area contributed by atoms with E-state index in [1.54, 1.807) is 14.2 Å². The third-order valence-corrected chi connectivity index (χ3v) is 3.53. The van der Waals surface area contributed by atoms with Crippen molar-refractivity contribution in [3.8, 4) is 11.5 Å². The molecule has 0 unspecified atom stereocenters. The van der Waals surface area contributed by atoms with Gasteiger partial charge in [-0.1, -0.05) is 6.07 Å². The Bertz CT molecular complexity index is 607. The summed E-state index contributed by atoms with van der Waals surface area (Å²) < 4.78 is 10.5. The molecule has 6 heteroatoms. The van der Waals surface area contributed by atoms with Gasteiger partial charge in [-0.25, -0.2) is 4.98 Å². The molecule has 1 atom stereocenters. The summed E-state index contributed by atoms with van der Waals surface area (Å²) in [5.41, 5.74) is 7.12. The molecule has 1 heterocycles. The van der Waals surface area contributed by atoms with E-state index in [2.05, 4.69) is 15.2 Å². The van der Waals surface area contributed by atoms with Crippen molar-refractivity contribution in [1.82, 2.24) is 15.2 Å². The summed E-state index contributed by atoms with van der Waals surface area (Å²) in [5.74, 6) is 3.42. The largest absolute Gasteiger partial charge is 0.493 e. The monoisotopic (exact) mass is 274 g/mol. The lowest BCUT2D eigenvalue weighted by Crippen LogP contribution is -2.14. The van der Waals surface area contributed by atoms with E-state index in [0.717, 1.165) is 11.4 Å². The number of hydrogen-bond donors (Lipinski definition) is 2. The molecule has 0 radical (unpaired) electrons. The highest BCUT2D eigenvalue weighted by Crippen LogP contribution is 2.38. The van der Waals surface area contributed by atoms with Crippen LogP contribution in [0.25, 0.3) is 0 Å². The molecule has 3 rings (SSSR count). The first-order valence-electron chi connectivity index (χ1n) is 6.62. The van der Waals surface area contributed by atoms with Crippen LogP contribution in [0.3, 0.4) is 0 Å². The van der Waals surface area contributed by atoms with Gasteiger partial charge in [-0.3, -0.25) is 5.10 Å². The molecule has 6 nitrogen and oxygen atoms in total. The second-order valence-corrected chi connectivity index (χ2v) is 4.95. The van der Waals surface area contributed by atoms with Crippen molar-refractivity contribution in [2.75, 3.05) is 14.2 Å². The van der Waals surface area contributed by atoms with E-state index < -0.39 is 0 Å². The predicted molar refractivity (Wildman–Crippen MR) is 73.9 cm³/mol. The molecular weight excluding hydrogens is 256 g/mol. The van der Waals surface area contributed by atoms with Gasteiger partial charge in [-0.15, -0.1) is 0 Å². The minimum atomic E-state index is -0.376. The predicted octanol–water partition coefficient (Wildman–Crippen LogP) is 1.75. The first kappa shape index (κ1) is 12.9. The molecule has 0 bridgehead atoms. The summed E-state index contributed by atoms with van der Waals surface area (Å²) in [4.78, 5) is 4.48. The third kappa shape index (κ3) is 2.34. The number of ether oxygens (including phenoxy) is 2. The number of rotatable bonds is 5. The van der Waals surface area contributed by atoms with Crippen LogP contribution >= 0.6 is 0 Å². The zero-order chi connectivity index (χ0) is 14.1. The minimum Gasteiger partial charge on any atom is -0.493 e. The van der Waals surface area contributed by atoms with E-state index >= 15 is 0 Å². The first-order valence-corrected chi connectivity index (χ1v) is 6.62. The Morgan fingerprint density at radius 2 is 2.00 bits per heavy atom. The minimum absolute atomic E-state index is 0.376. The highest BCUT2D eigenvalue weighted by atomic mass is 16.5. The molecule has 20 heavy (non-hydrogen) atoms. The number of nitrogens with zero attached hydrogens (tertiary/aromatic N) is 2. The van der Waals surface area contributed by atoms with Crippen LogP contribution in [0.4, 0.5) is 0 Å². The summed E-state index contributed by atoms with van der Waals surface area (Å²) in [6.45, 7) is 0. The van der Waals surface area contributed by atoms with E-state index in [9.17, 15) is 0 Å². The van der Waals surface area contributed by atoms with Gasteiger partial charge in [0.05, 0.1) is 20.3 Å². The molecule has 0 spiro atoms. The van der Waals surface area contributed by atoms with Crippen LogP contribution in [-0.2, 0) is 0 Å². The zero-order valence-electron chi connectivity index (χ0n) is 11.6. The lowest BCUT2D eigenvalue weighted by Gasteiger charge is -2.12. The van der Waals surface area contributed by atoms with Crippen LogP contribution in [0.15, 0.2) is 18.2 Å². The molecule has 2 aromatic rings. The number of nitrogens with two attached hydrogens (primary N) is 1. The Morgan fingerprint density at radius 3 is 2.65 bits per heavy atom. The maximum absolute atomic E-state index is 6.22. The highest BCUT2D eigenvalue weighted by Gasteiger charge is 2.28. The van der Waals surface area contributed by atoms with Crippen molar-refractivity contribution in [3.63, 3.8) is 0 Å². The fourth-order valence-corrected chi connectivity index (χ4v) is 2.16. The SMILES string of the molecule is COc1ccc([C@@H](N)c2n[nH]c(C3CC3)n2)cc1OC. The Labute approximate surface area is 117 Å². The molecule has 0 amide bonds. The molecule has 106 valence electrons. The van der Waals surface area contributed by atoms with Gasteiger partial charge < -0.3 is 15.2 Å². The molecule has 0 saturated heterocycles. The van der Waals surface area contributed by atoms with Crippen molar-refractivity contribution in [3.05, 3.63) is 35.4 Å². The number of aromatic nitrogens is 3. The number of aromatic amines is 1. The van der Waals surface area contributed by atoms with Gasteiger partial charge in [0.1, 0.15) is 5.82 Å². The average Bonchev–Trinajstić information content (AvgIpc) is 3.23. The van der Waals surface area contributed by atoms with Gasteiger partial charge >= 0.3 is 0 Å². The smallest absolute Gasteiger partial charge is 0.171 e. The molecule has 1 aromatic heterocycles. The number of methoxy groups -OCH3 is 2. The summed E-state index contributed by atoms with van der Waals surface area (Å²) >= 11 is 0. The molecule has 1 saturated carbocycles. The zero-order valence-corrected chi connectivity index (χ0v) is 11.6. The summed E-state index contributed by atoms with van der Waals surface area (Å²) in [6, 6.07) is 5.22. The molecular formula is C14H18N4O2. The lowest BCUT2D eigenvalue weighted by atomic mass is 10.1. The number of hydrogen-bond acceptors (Lipinski definition) is 5. The summed E-state index contributed by atoms with van der Waals surface area (Å²) in [7, 11) is 3.21. The van der Waals surface area contributed by atoms with E-state index in [4.69, 9.17) is 15.2 Å². The van der Waals surface area contributed by atoms with Gasteiger partial charge in [-0.05, 0) is 30.5 Å². The summed E-state index contributed by atoms with van der Waals surface area (Å²) in [5, 5.41) is 7.19. The second-order valence-electron chi connectivity index (χ2n) is 4.95. The van der Waals surface area contributed by atoms with E-state index in [1.165, 1.54) is 12.8 Å². The van der Waals surface area contributed by atoms with Crippen molar-refractivity contribution in [1.29, 1.82) is 0 Å². The Kier molecular flexibility index (Phi) is 3.31. The molecule has 1 aromatic carbocycles. The standard InChI is InChI=1S/C14H18N4O2/c1-19-10-6-5-9(7-11(10)20-2)12(15)14-16-13(17-18-14)8-3-4-8/h5-8,12H,3-4,15H2,1-2H3,(H,16,17,18)/t12-/m1/s1. The highest BCUT2D eigenvalue weighted by molar-refractivity contribution is 5.44. The normalized spacial score (nSPS) is 15.9. The quantitative estimate of drug-likeness (QED) is 0.867. The Hall–Kier alpha value is -2.08. The van der Waals surface area contributed by atoms with Crippen LogP contribution in [-0.4, -0.2) is 29.4 Å². The van der Waals surface area contributed by atoms with Gasteiger partial charge in [0, 0.05) is 5.92 Å². The molecule has 1 aliphatic rings. The fraction of sp³-hybridized carbons (Fsp3) is 0.429. The Balaban J connectivity index is 1.86. The molecule has 1 aliphatic carbocycles. The lowest BCUT2D eigenvalue weighted by molar-refractivity contribution is 0.354. The van der Waals surface area contributed by atoms with Gasteiger partial charge in [0.2, 0.25) is 0 Å². The van der Waals surface area contributed by atoms with Crippen molar-refractivity contribution < 1.29 is 9.47 Å². The van der Waals surface area contributed by atoms with Gasteiger partial charge in [-0.2, -0.15) is 5.10 Å². The average molecular weight is 274 g/mol. The van der Waals surface area contributed by atoms with Crippen LogP contribution in [0.2, 0.25) is 0 Å². The molecule has 3 N–H and O–H groups in total. The topological polar surface area (TPSA) is 86.0 Å². The Morgan fingerprint density at radius 1 is 1.25 bits per heavy atom. The number of H-pyrrole nitrogens is 1. The maximum atomic E-state index is 6.22. The number of nitrogens with one attached hydrogen (secondary N) is 1. The first-order chi connectivity index (χ1) is 9.72. The molecule has 0 aliphatic heterocycles. The third-order valence-electron chi connectivity index (χ3n) is 3.53. The van der Waals surface area contributed by atoms with E-state index in [-0.39, 0.29) is 6.04 Å². The maximum Gasteiger partial charge on any atom is 0.171 e. The van der Waals surface area contributed by atoms with E-state index in [0.29, 0.717) is 23.2 Å². The second kappa shape index (κ2) is 5.13. The van der Waals surface area contributed by atoms with Crippen molar-refractivity contribution >= 4 is 0 Å². The van der Waals surface area contributed by atoms with Gasteiger partial charge in [0.15, 0.2) is 17.3 Å². The van der Waals surface area contributed by atoms with Crippen LogP contribution < -0.4 is 15.2 Å². The molecule has 1 fully saturated rings. The van der Waals surface area contributed by atoms with E-state index in [1.807, 2.05) is 18.2 Å². The fourth-order valence-electron chi connectivity index (χ4n) is 2.16. The van der Waals surface area contributed by atoms with Gasteiger partial charge in [0.25, 0.3) is 0 Å².